The number of nitrogens with zero attached hydrogens (tertiary/aromatic N) is 1. The van der Waals surface area contributed by atoms with Gasteiger partial charge in [0.25, 0.3) is 10.0 Å². The standard InChI is InChI=1S/C27H26N2O4S/c1-20-10-16-25(17-11-20)34(31,32)29(23-12-14-24(33-2)15-13-23)19-27(30)28-18-22-8-5-7-21-6-3-4-9-26(21)22/h3-17H,18-19H2,1-2H3,(H,28,30). The van der Waals surface area contributed by atoms with Crippen molar-refractivity contribution in [2.24, 2.45) is 0 Å². The molecule has 0 aromatic heterocycles. The average molecular weight is 475 g/mol. The van der Waals surface area contributed by atoms with Gasteiger partial charge in [0.15, 0.2) is 0 Å². The Morgan fingerprint density at radius 2 is 1.56 bits per heavy atom. The molecule has 0 aliphatic heterocycles. The lowest BCUT2D eigenvalue weighted by molar-refractivity contribution is -0.119. The SMILES string of the molecule is COc1ccc(N(CC(=O)NCc2cccc3ccccc23)S(=O)(=O)c2ccc(C)cc2)cc1. The first-order valence-corrected chi connectivity index (χ1v) is 12.3. The Labute approximate surface area is 199 Å². The first-order valence-electron chi connectivity index (χ1n) is 10.9. The van der Waals surface area contributed by atoms with E-state index in [-0.39, 0.29) is 11.4 Å². The summed E-state index contributed by atoms with van der Waals surface area (Å²) in [5.74, 6) is 0.191. The monoisotopic (exact) mass is 474 g/mol. The van der Waals surface area contributed by atoms with E-state index < -0.39 is 15.9 Å². The smallest absolute Gasteiger partial charge is 0.264 e. The van der Waals surface area contributed by atoms with Gasteiger partial charge >= 0.3 is 0 Å². The number of sulfonamides is 1. The first-order chi connectivity index (χ1) is 16.4. The van der Waals surface area contributed by atoms with Gasteiger partial charge in [0.1, 0.15) is 12.3 Å². The van der Waals surface area contributed by atoms with Crippen LogP contribution in [0, 0.1) is 6.92 Å². The zero-order valence-corrected chi connectivity index (χ0v) is 19.9. The molecule has 0 bridgehead atoms. The fourth-order valence-electron chi connectivity index (χ4n) is 3.73. The minimum atomic E-state index is -3.97. The number of rotatable bonds is 8. The van der Waals surface area contributed by atoms with Crippen molar-refractivity contribution in [3.63, 3.8) is 0 Å². The second-order valence-corrected chi connectivity index (χ2v) is 9.80. The summed E-state index contributed by atoms with van der Waals surface area (Å²) in [6.07, 6.45) is 0. The van der Waals surface area contributed by atoms with Crippen LogP contribution in [0.1, 0.15) is 11.1 Å². The molecule has 4 aromatic carbocycles. The van der Waals surface area contributed by atoms with Crippen molar-refractivity contribution in [3.05, 3.63) is 102 Å². The Kier molecular flexibility index (Phi) is 6.84. The summed E-state index contributed by atoms with van der Waals surface area (Å²) >= 11 is 0. The minimum absolute atomic E-state index is 0.121. The van der Waals surface area contributed by atoms with Crippen molar-refractivity contribution < 1.29 is 17.9 Å². The van der Waals surface area contributed by atoms with Crippen molar-refractivity contribution in [3.8, 4) is 5.75 Å². The lowest BCUT2D eigenvalue weighted by Crippen LogP contribution is -2.40. The molecule has 0 spiro atoms. The van der Waals surface area contributed by atoms with E-state index in [9.17, 15) is 13.2 Å². The van der Waals surface area contributed by atoms with Crippen LogP contribution in [0.2, 0.25) is 0 Å². The highest BCUT2D eigenvalue weighted by molar-refractivity contribution is 7.92. The van der Waals surface area contributed by atoms with E-state index >= 15 is 0 Å². The van der Waals surface area contributed by atoms with E-state index in [0.717, 1.165) is 26.2 Å². The maximum Gasteiger partial charge on any atom is 0.264 e. The Bertz CT molecular complexity index is 1390. The predicted molar refractivity (Wildman–Crippen MR) is 134 cm³/mol. The molecular formula is C27H26N2O4S. The number of amides is 1. The molecule has 0 aliphatic carbocycles. The highest BCUT2D eigenvalue weighted by atomic mass is 32.2. The number of anilines is 1. The molecule has 7 heteroatoms. The van der Waals surface area contributed by atoms with Crippen LogP contribution in [0.3, 0.4) is 0 Å². The van der Waals surface area contributed by atoms with Crippen molar-refractivity contribution in [2.45, 2.75) is 18.4 Å². The number of carbonyl (C=O) groups excluding carboxylic acids is 1. The average Bonchev–Trinajstić information content (AvgIpc) is 2.86. The third-order valence-corrected chi connectivity index (χ3v) is 7.40. The van der Waals surface area contributed by atoms with E-state index in [2.05, 4.69) is 5.32 Å². The Morgan fingerprint density at radius 3 is 2.26 bits per heavy atom. The zero-order chi connectivity index (χ0) is 24.1. The van der Waals surface area contributed by atoms with Crippen LogP contribution in [0.5, 0.6) is 5.75 Å². The van der Waals surface area contributed by atoms with Crippen molar-refractivity contribution in [1.29, 1.82) is 0 Å². The number of hydrogen-bond acceptors (Lipinski definition) is 4. The van der Waals surface area contributed by atoms with E-state index in [1.165, 1.54) is 7.11 Å². The maximum atomic E-state index is 13.5. The highest BCUT2D eigenvalue weighted by Crippen LogP contribution is 2.26. The lowest BCUT2D eigenvalue weighted by atomic mass is 10.0. The molecular weight excluding hydrogens is 448 g/mol. The summed E-state index contributed by atoms with van der Waals surface area (Å²) in [4.78, 5) is 13.1. The maximum absolute atomic E-state index is 13.5. The third-order valence-electron chi connectivity index (χ3n) is 5.61. The molecule has 0 heterocycles. The number of ether oxygens (including phenoxy) is 1. The quantitative estimate of drug-likeness (QED) is 0.403. The molecule has 0 radical (unpaired) electrons. The number of hydrogen-bond donors (Lipinski definition) is 1. The van der Waals surface area contributed by atoms with Gasteiger partial charge in [0.05, 0.1) is 17.7 Å². The highest BCUT2D eigenvalue weighted by Gasteiger charge is 2.27. The predicted octanol–water partition coefficient (Wildman–Crippen LogP) is 4.67. The number of fused-ring (bicyclic) bond motifs is 1. The number of carbonyl (C=O) groups is 1. The van der Waals surface area contributed by atoms with Crippen LogP contribution >= 0.6 is 0 Å². The summed E-state index contributed by atoms with van der Waals surface area (Å²) in [5, 5.41) is 5.00. The lowest BCUT2D eigenvalue weighted by Gasteiger charge is -2.24. The molecule has 4 rings (SSSR count). The molecule has 0 unspecified atom stereocenters. The molecule has 0 fully saturated rings. The molecule has 0 atom stereocenters. The van der Waals surface area contributed by atoms with Crippen LogP contribution < -0.4 is 14.4 Å². The molecule has 6 nitrogen and oxygen atoms in total. The largest absolute Gasteiger partial charge is 0.497 e. The molecule has 174 valence electrons. The van der Waals surface area contributed by atoms with Crippen LogP contribution in [0.25, 0.3) is 10.8 Å². The van der Waals surface area contributed by atoms with Gasteiger partial charge in [-0.3, -0.25) is 9.10 Å². The summed E-state index contributed by atoms with van der Waals surface area (Å²) in [6, 6.07) is 27.0. The van der Waals surface area contributed by atoms with Gasteiger partial charge in [-0.1, -0.05) is 60.2 Å². The zero-order valence-electron chi connectivity index (χ0n) is 19.1. The van der Waals surface area contributed by atoms with E-state index in [0.29, 0.717) is 18.0 Å². The van der Waals surface area contributed by atoms with Gasteiger partial charge in [0.2, 0.25) is 5.91 Å². The molecule has 1 amide bonds. The van der Waals surface area contributed by atoms with Crippen LogP contribution in [-0.2, 0) is 21.4 Å². The first kappa shape index (κ1) is 23.3. The van der Waals surface area contributed by atoms with E-state index in [4.69, 9.17) is 4.74 Å². The van der Waals surface area contributed by atoms with Gasteiger partial charge in [-0.05, 0) is 59.7 Å². The van der Waals surface area contributed by atoms with Crippen molar-refractivity contribution in [2.75, 3.05) is 18.0 Å². The molecule has 0 saturated heterocycles. The number of nitrogens with one attached hydrogen (secondary N) is 1. The summed E-state index contributed by atoms with van der Waals surface area (Å²) in [6.45, 7) is 1.83. The molecule has 0 saturated carbocycles. The van der Waals surface area contributed by atoms with Crippen molar-refractivity contribution >= 4 is 32.4 Å². The van der Waals surface area contributed by atoms with Crippen LogP contribution in [0.15, 0.2) is 95.9 Å². The van der Waals surface area contributed by atoms with Gasteiger partial charge in [-0.25, -0.2) is 8.42 Å². The van der Waals surface area contributed by atoms with Crippen molar-refractivity contribution in [1.82, 2.24) is 5.32 Å². The van der Waals surface area contributed by atoms with Gasteiger partial charge < -0.3 is 10.1 Å². The minimum Gasteiger partial charge on any atom is -0.497 e. The number of aryl methyl sites for hydroxylation is 1. The fourth-order valence-corrected chi connectivity index (χ4v) is 5.15. The van der Waals surface area contributed by atoms with E-state index in [1.54, 1.807) is 48.5 Å². The van der Waals surface area contributed by atoms with Gasteiger partial charge in [-0.15, -0.1) is 0 Å². The van der Waals surface area contributed by atoms with E-state index in [1.807, 2.05) is 49.4 Å². The summed E-state index contributed by atoms with van der Waals surface area (Å²) in [7, 11) is -2.43. The topological polar surface area (TPSA) is 75.7 Å². The third kappa shape index (κ3) is 5.05. The summed E-state index contributed by atoms with van der Waals surface area (Å²) < 4.78 is 33.3. The second-order valence-electron chi connectivity index (χ2n) is 7.94. The molecule has 4 aromatic rings. The van der Waals surface area contributed by atoms with Crippen LogP contribution in [-0.4, -0.2) is 28.0 Å². The van der Waals surface area contributed by atoms with Crippen LogP contribution in [0.4, 0.5) is 5.69 Å². The van der Waals surface area contributed by atoms with Gasteiger partial charge in [-0.2, -0.15) is 0 Å². The normalized spacial score (nSPS) is 11.2. The van der Waals surface area contributed by atoms with Gasteiger partial charge in [0, 0.05) is 6.54 Å². The molecule has 34 heavy (non-hydrogen) atoms. The Hall–Kier alpha value is -3.84. The molecule has 1 N–H and O–H groups in total. The Balaban J connectivity index is 1.59. The number of methoxy groups -OCH3 is 1. The second kappa shape index (κ2) is 9.97. The number of benzene rings is 4. The Morgan fingerprint density at radius 1 is 0.882 bits per heavy atom. The molecule has 0 aliphatic rings. The fraction of sp³-hybridized carbons (Fsp3) is 0.148. The summed E-state index contributed by atoms with van der Waals surface area (Å²) in [5.41, 5.74) is 2.29.